The van der Waals surface area contributed by atoms with Crippen LogP contribution in [0.4, 0.5) is 5.69 Å². The maximum Gasteiger partial charge on any atom is 0.141 e. The number of anilines is 1. The quantitative estimate of drug-likeness (QED) is 0.432. The van der Waals surface area contributed by atoms with Crippen molar-refractivity contribution in [2.45, 2.75) is 45.1 Å². The van der Waals surface area contributed by atoms with Gasteiger partial charge >= 0.3 is 0 Å². The van der Waals surface area contributed by atoms with Crippen LogP contribution in [0, 0.1) is 11.8 Å². The molecule has 1 N–H and O–H groups in total. The zero-order valence-electron chi connectivity index (χ0n) is 15.0. The number of rotatable bonds is 8. The van der Waals surface area contributed by atoms with E-state index in [1.165, 1.54) is 19.3 Å². The van der Waals surface area contributed by atoms with Crippen molar-refractivity contribution in [3.05, 3.63) is 59.1 Å². The van der Waals surface area contributed by atoms with Crippen LogP contribution < -0.4 is 10.1 Å². The highest BCUT2D eigenvalue weighted by atomic mass is 35.5. The molecule has 0 saturated heterocycles. The van der Waals surface area contributed by atoms with Crippen LogP contribution in [0.5, 0.6) is 5.75 Å². The first-order valence-electron chi connectivity index (χ1n) is 8.88. The molecule has 2 aromatic rings. The normalized spacial score (nSPS) is 11.3. The third-order valence-electron chi connectivity index (χ3n) is 4.01. The average molecular weight is 356 g/mol. The second kappa shape index (κ2) is 10.7. The van der Waals surface area contributed by atoms with Crippen molar-refractivity contribution in [1.29, 1.82) is 0 Å². The molecule has 0 aromatic heterocycles. The van der Waals surface area contributed by atoms with E-state index in [4.69, 9.17) is 16.3 Å². The SMILES string of the molecule is CCCCCCC#CC(Nc1ccccc1OC)c1ccc(Cl)cc1. The van der Waals surface area contributed by atoms with E-state index in [-0.39, 0.29) is 6.04 Å². The van der Waals surface area contributed by atoms with Gasteiger partial charge in [-0.05, 0) is 36.2 Å². The van der Waals surface area contributed by atoms with Crippen LogP contribution in [-0.2, 0) is 0 Å². The van der Waals surface area contributed by atoms with Gasteiger partial charge in [0.05, 0.1) is 12.8 Å². The Morgan fingerprint density at radius 1 is 1.04 bits per heavy atom. The molecule has 0 amide bonds. The second-order valence-corrected chi connectivity index (χ2v) is 6.40. The standard InChI is InChI=1S/C22H26ClNO/c1-3-4-5-6-7-8-11-20(18-14-16-19(23)17-15-18)24-21-12-9-10-13-22(21)25-2/h9-10,12-17,20,24H,3-7H2,1-2H3. The minimum Gasteiger partial charge on any atom is -0.495 e. The van der Waals surface area contributed by atoms with Gasteiger partial charge in [-0.2, -0.15) is 0 Å². The Morgan fingerprint density at radius 2 is 1.80 bits per heavy atom. The second-order valence-electron chi connectivity index (χ2n) is 5.96. The number of para-hydroxylation sites is 2. The molecule has 0 saturated carbocycles. The molecule has 132 valence electrons. The van der Waals surface area contributed by atoms with Crippen molar-refractivity contribution < 1.29 is 4.74 Å². The smallest absolute Gasteiger partial charge is 0.141 e. The number of unbranched alkanes of at least 4 members (excludes halogenated alkanes) is 4. The molecule has 0 heterocycles. The van der Waals surface area contributed by atoms with E-state index < -0.39 is 0 Å². The predicted octanol–water partition coefficient (Wildman–Crippen LogP) is 6.48. The minimum absolute atomic E-state index is 0.0975. The summed E-state index contributed by atoms with van der Waals surface area (Å²) in [5.74, 6) is 7.51. The lowest BCUT2D eigenvalue weighted by molar-refractivity contribution is 0.416. The lowest BCUT2D eigenvalue weighted by Gasteiger charge is -2.17. The fourth-order valence-corrected chi connectivity index (χ4v) is 2.72. The third-order valence-corrected chi connectivity index (χ3v) is 4.26. The summed E-state index contributed by atoms with van der Waals surface area (Å²) in [7, 11) is 1.68. The highest BCUT2D eigenvalue weighted by Gasteiger charge is 2.11. The van der Waals surface area contributed by atoms with Gasteiger partial charge < -0.3 is 10.1 Å². The molecule has 0 bridgehead atoms. The average Bonchev–Trinajstić information content (AvgIpc) is 2.64. The van der Waals surface area contributed by atoms with E-state index in [0.29, 0.717) is 0 Å². The van der Waals surface area contributed by atoms with E-state index in [0.717, 1.165) is 34.9 Å². The van der Waals surface area contributed by atoms with Crippen LogP contribution in [0.2, 0.25) is 5.02 Å². The maximum absolute atomic E-state index is 6.02. The number of nitrogens with one attached hydrogen (secondary N) is 1. The first kappa shape index (κ1) is 19.2. The van der Waals surface area contributed by atoms with Crippen LogP contribution >= 0.6 is 11.6 Å². The van der Waals surface area contributed by atoms with Crippen molar-refractivity contribution in [3.8, 4) is 17.6 Å². The van der Waals surface area contributed by atoms with Gasteiger partial charge in [0.2, 0.25) is 0 Å². The molecule has 25 heavy (non-hydrogen) atoms. The van der Waals surface area contributed by atoms with E-state index in [9.17, 15) is 0 Å². The monoisotopic (exact) mass is 355 g/mol. The summed E-state index contributed by atoms with van der Waals surface area (Å²) < 4.78 is 5.44. The van der Waals surface area contributed by atoms with E-state index in [1.54, 1.807) is 7.11 Å². The molecule has 1 atom stereocenters. The molecule has 0 spiro atoms. The largest absolute Gasteiger partial charge is 0.495 e. The molecule has 0 aliphatic heterocycles. The zero-order valence-corrected chi connectivity index (χ0v) is 15.8. The fraction of sp³-hybridized carbons (Fsp3) is 0.364. The number of methoxy groups -OCH3 is 1. The van der Waals surface area contributed by atoms with Crippen molar-refractivity contribution in [2.75, 3.05) is 12.4 Å². The molecule has 0 radical (unpaired) electrons. The Balaban J connectivity index is 2.14. The highest BCUT2D eigenvalue weighted by Crippen LogP contribution is 2.28. The first-order chi connectivity index (χ1) is 12.2. The van der Waals surface area contributed by atoms with Crippen molar-refractivity contribution >= 4 is 17.3 Å². The van der Waals surface area contributed by atoms with Crippen molar-refractivity contribution in [1.82, 2.24) is 0 Å². The minimum atomic E-state index is -0.0975. The van der Waals surface area contributed by atoms with E-state index in [2.05, 4.69) is 24.1 Å². The summed E-state index contributed by atoms with van der Waals surface area (Å²) in [5, 5.41) is 4.22. The lowest BCUT2D eigenvalue weighted by atomic mass is 10.1. The topological polar surface area (TPSA) is 21.3 Å². The van der Waals surface area contributed by atoms with Crippen LogP contribution in [0.3, 0.4) is 0 Å². The van der Waals surface area contributed by atoms with Crippen molar-refractivity contribution in [2.24, 2.45) is 0 Å². The molecule has 0 aliphatic carbocycles. The lowest BCUT2D eigenvalue weighted by Crippen LogP contribution is -2.09. The molecule has 0 fully saturated rings. The molecular formula is C22H26ClNO. The molecule has 1 unspecified atom stereocenters. The summed E-state index contributed by atoms with van der Waals surface area (Å²) >= 11 is 6.02. The zero-order chi connectivity index (χ0) is 17.9. The highest BCUT2D eigenvalue weighted by molar-refractivity contribution is 6.30. The van der Waals surface area contributed by atoms with Crippen LogP contribution in [0.15, 0.2) is 48.5 Å². The summed E-state index contributed by atoms with van der Waals surface area (Å²) in [6.45, 7) is 2.22. The number of benzene rings is 2. The van der Waals surface area contributed by atoms with Crippen LogP contribution in [0.1, 0.15) is 50.6 Å². The molecule has 2 rings (SSSR count). The van der Waals surface area contributed by atoms with Gasteiger partial charge in [0.15, 0.2) is 0 Å². The van der Waals surface area contributed by atoms with Crippen LogP contribution in [0.25, 0.3) is 0 Å². The number of ether oxygens (including phenoxy) is 1. The first-order valence-corrected chi connectivity index (χ1v) is 9.25. The molecule has 0 aliphatic rings. The van der Waals surface area contributed by atoms with Gasteiger partial charge in [-0.3, -0.25) is 0 Å². The molecular weight excluding hydrogens is 330 g/mol. The fourth-order valence-electron chi connectivity index (χ4n) is 2.59. The molecule has 3 heteroatoms. The van der Waals surface area contributed by atoms with Gasteiger partial charge in [-0.1, -0.05) is 68.0 Å². The summed E-state index contributed by atoms with van der Waals surface area (Å²) in [6.07, 6.45) is 5.86. The van der Waals surface area contributed by atoms with Gasteiger partial charge in [-0.25, -0.2) is 0 Å². The Morgan fingerprint density at radius 3 is 2.52 bits per heavy atom. The Kier molecular flexibility index (Phi) is 8.22. The number of hydrogen-bond acceptors (Lipinski definition) is 2. The summed E-state index contributed by atoms with van der Waals surface area (Å²) in [5.41, 5.74) is 2.03. The maximum atomic E-state index is 6.02. The molecule has 2 aromatic carbocycles. The Labute approximate surface area is 156 Å². The van der Waals surface area contributed by atoms with Crippen molar-refractivity contribution in [3.63, 3.8) is 0 Å². The van der Waals surface area contributed by atoms with Gasteiger partial charge in [0, 0.05) is 11.4 Å². The van der Waals surface area contributed by atoms with E-state index >= 15 is 0 Å². The number of halogens is 1. The Bertz CT molecular complexity index is 700. The molecule has 2 nitrogen and oxygen atoms in total. The summed E-state index contributed by atoms with van der Waals surface area (Å²) in [4.78, 5) is 0. The predicted molar refractivity (Wildman–Crippen MR) is 107 cm³/mol. The van der Waals surface area contributed by atoms with Gasteiger partial charge in [0.25, 0.3) is 0 Å². The third kappa shape index (κ3) is 6.36. The van der Waals surface area contributed by atoms with Gasteiger partial charge in [0.1, 0.15) is 11.8 Å². The Hall–Kier alpha value is -2.11. The van der Waals surface area contributed by atoms with Gasteiger partial charge in [-0.15, -0.1) is 5.92 Å². The van der Waals surface area contributed by atoms with Crippen LogP contribution in [-0.4, -0.2) is 7.11 Å². The number of hydrogen-bond donors (Lipinski definition) is 1. The van der Waals surface area contributed by atoms with E-state index in [1.807, 2.05) is 48.5 Å². The summed E-state index contributed by atoms with van der Waals surface area (Å²) in [6, 6.07) is 15.6.